The summed E-state index contributed by atoms with van der Waals surface area (Å²) in [6.07, 6.45) is 3.54. The largest absolute Gasteiger partial charge is 0.488 e. The smallest absolute Gasteiger partial charge is 0.306 e. The molecule has 6 rings (SSSR count). The lowest BCUT2D eigenvalue weighted by atomic mass is 9.88. The Kier molecular flexibility index (Phi) is 12.5. The summed E-state index contributed by atoms with van der Waals surface area (Å²) < 4.78 is 28.3. The van der Waals surface area contributed by atoms with Gasteiger partial charge in [0, 0.05) is 54.3 Å². The zero-order valence-electron chi connectivity index (χ0n) is 31.3. The molecule has 1 aliphatic rings. The van der Waals surface area contributed by atoms with Crippen LogP contribution in [0.4, 0.5) is 4.39 Å². The fraction of sp³-hybridized carbons (Fsp3) is 0.295. The van der Waals surface area contributed by atoms with Crippen molar-refractivity contribution in [3.63, 3.8) is 0 Å². The van der Waals surface area contributed by atoms with Gasteiger partial charge in [-0.3, -0.25) is 9.78 Å². The van der Waals surface area contributed by atoms with Crippen LogP contribution in [0.15, 0.2) is 79.1 Å². The van der Waals surface area contributed by atoms with E-state index in [2.05, 4.69) is 33.4 Å². The first-order chi connectivity index (χ1) is 26.4. The number of nitriles is 1. The fourth-order valence-corrected chi connectivity index (χ4v) is 7.49. The molecular formula is C44H44ClFN4O5. The maximum atomic E-state index is 15.8. The van der Waals surface area contributed by atoms with Gasteiger partial charge >= 0.3 is 5.97 Å². The minimum atomic E-state index is -1.09. The number of carboxylic acids is 1. The molecule has 0 spiro atoms. The number of carbonyl (C=O) groups is 1. The highest BCUT2D eigenvalue weighted by molar-refractivity contribution is 6.32. The SMILES string of the molecule is Cc1c(COc2cc(OCc3cncc(C#N)c3)c(CNCC(O)CC(=O)O)cc2Cl)cccc1-c1cccc(-c2cc3c(cc2F)C(N(C)C)CC3)c1C. The first-order valence-corrected chi connectivity index (χ1v) is 18.5. The highest BCUT2D eigenvalue weighted by atomic mass is 35.5. The average Bonchev–Trinajstić information content (AvgIpc) is 3.57. The molecule has 2 unspecified atom stereocenters. The summed E-state index contributed by atoms with van der Waals surface area (Å²) in [6.45, 7) is 4.69. The molecule has 284 valence electrons. The third-order valence-corrected chi connectivity index (χ3v) is 10.5. The molecule has 55 heavy (non-hydrogen) atoms. The number of aliphatic hydroxyl groups excluding tert-OH is 1. The Balaban J connectivity index is 1.24. The van der Waals surface area contributed by atoms with E-state index in [9.17, 15) is 15.2 Å². The third kappa shape index (κ3) is 9.15. The number of aryl methyl sites for hydroxylation is 1. The van der Waals surface area contributed by atoms with Gasteiger partial charge < -0.3 is 29.9 Å². The van der Waals surface area contributed by atoms with Crippen LogP contribution in [0.3, 0.4) is 0 Å². The molecule has 0 bridgehead atoms. The van der Waals surface area contributed by atoms with E-state index in [0.717, 1.165) is 51.8 Å². The minimum Gasteiger partial charge on any atom is -0.488 e. The number of ether oxygens (including phenoxy) is 2. The third-order valence-electron chi connectivity index (χ3n) is 10.2. The monoisotopic (exact) mass is 762 g/mol. The molecule has 1 aliphatic carbocycles. The number of hydrogen-bond acceptors (Lipinski definition) is 8. The van der Waals surface area contributed by atoms with Gasteiger partial charge in [0.25, 0.3) is 0 Å². The maximum absolute atomic E-state index is 15.8. The van der Waals surface area contributed by atoms with Gasteiger partial charge in [-0.1, -0.05) is 48.0 Å². The highest BCUT2D eigenvalue weighted by Crippen LogP contribution is 2.41. The molecule has 0 radical (unpaired) electrons. The van der Waals surface area contributed by atoms with Crippen LogP contribution < -0.4 is 14.8 Å². The number of nitrogens with zero attached hydrogens (tertiary/aromatic N) is 3. The quantitative estimate of drug-likeness (QED) is 0.0965. The molecule has 0 aliphatic heterocycles. The van der Waals surface area contributed by atoms with Crippen molar-refractivity contribution >= 4 is 17.6 Å². The van der Waals surface area contributed by atoms with Gasteiger partial charge in [0.15, 0.2) is 0 Å². The Morgan fingerprint density at radius 3 is 2.42 bits per heavy atom. The number of aromatic nitrogens is 1. The first-order valence-electron chi connectivity index (χ1n) is 18.1. The number of nitrogens with one attached hydrogen (secondary N) is 1. The van der Waals surface area contributed by atoms with Crippen molar-refractivity contribution < 1.29 is 28.9 Å². The van der Waals surface area contributed by atoms with Crippen molar-refractivity contribution in [3.8, 4) is 39.8 Å². The van der Waals surface area contributed by atoms with Gasteiger partial charge in [-0.25, -0.2) is 4.39 Å². The minimum absolute atomic E-state index is 0.0488. The number of pyridine rings is 1. The summed E-state index contributed by atoms with van der Waals surface area (Å²) in [6, 6.07) is 23.2. The Morgan fingerprint density at radius 2 is 1.69 bits per heavy atom. The second-order valence-corrected chi connectivity index (χ2v) is 14.6. The number of rotatable bonds is 15. The number of halogens is 2. The summed E-state index contributed by atoms with van der Waals surface area (Å²) in [7, 11) is 4.08. The first kappa shape index (κ1) is 39.4. The standard InChI is InChI=1S/C44H44ClFN4O5/c1-26-31(7-5-8-34(26)35-9-6-10-36(27(35)2)38-14-30-11-12-41(50(3)4)37(30)17-40(38)46)25-55-43-18-42(54-24-29-13-28(19-47)20-48-21-29)32(15-39(43)45)22-49-23-33(51)16-44(52)53/h5-10,13-15,17-18,20-21,33,41,49,51H,11-12,16,22-25H2,1-4H3,(H,52,53). The van der Waals surface area contributed by atoms with Gasteiger partial charge in [0.05, 0.1) is 23.1 Å². The number of carboxylic acid groups (broad SMARTS) is 1. The second-order valence-electron chi connectivity index (χ2n) is 14.2. The van der Waals surface area contributed by atoms with Gasteiger partial charge in [0.1, 0.15) is 36.6 Å². The Morgan fingerprint density at radius 1 is 0.982 bits per heavy atom. The van der Waals surface area contributed by atoms with Crippen LogP contribution in [-0.4, -0.2) is 52.8 Å². The number of aliphatic hydroxyl groups is 1. The lowest BCUT2D eigenvalue weighted by Gasteiger charge is -2.21. The Hall–Kier alpha value is -5.31. The van der Waals surface area contributed by atoms with Crippen LogP contribution in [0.25, 0.3) is 22.3 Å². The lowest BCUT2D eigenvalue weighted by Crippen LogP contribution is -2.28. The molecule has 1 heterocycles. The van der Waals surface area contributed by atoms with E-state index in [1.165, 1.54) is 11.8 Å². The van der Waals surface area contributed by atoms with Crippen molar-refractivity contribution in [2.24, 2.45) is 0 Å². The molecule has 3 N–H and O–H groups in total. The van der Waals surface area contributed by atoms with Crippen LogP contribution in [0.1, 0.15) is 63.4 Å². The molecule has 2 atom stereocenters. The average molecular weight is 763 g/mol. The van der Waals surface area contributed by atoms with Gasteiger partial charge in [0.2, 0.25) is 0 Å². The molecule has 0 saturated carbocycles. The van der Waals surface area contributed by atoms with Crippen molar-refractivity contribution in [1.82, 2.24) is 15.2 Å². The molecular weight excluding hydrogens is 719 g/mol. The topological polar surface area (TPSA) is 128 Å². The van der Waals surface area contributed by atoms with Crippen molar-refractivity contribution in [1.29, 1.82) is 5.26 Å². The van der Waals surface area contributed by atoms with Crippen LogP contribution >= 0.6 is 11.6 Å². The van der Waals surface area contributed by atoms with Crippen molar-refractivity contribution in [2.45, 2.75) is 65.0 Å². The number of aliphatic carboxylic acids is 1. The van der Waals surface area contributed by atoms with E-state index >= 15 is 4.39 Å². The van der Waals surface area contributed by atoms with E-state index in [1.807, 2.05) is 58.3 Å². The van der Waals surface area contributed by atoms with E-state index in [0.29, 0.717) is 38.8 Å². The van der Waals surface area contributed by atoms with E-state index in [1.54, 1.807) is 30.5 Å². The summed E-state index contributed by atoms with van der Waals surface area (Å²) >= 11 is 6.75. The molecule has 1 aromatic heterocycles. The van der Waals surface area contributed by atoms with Crippen molar-refractivity contribution in [3.05, 3.63) is 134 Å². The summed E-state index contributed by atoms with van der Waals surface area (Å²) in [5, 5.41) is 31.7. The fourth-order valence-electron chi connectivity index (χ4n) is 7.25. The number of benzene rings is 4. The molecule has 0 amide bonds. The number of hydrogen-bond donors (Lipinski definition) is 3. The molecule has 4 aromatic carbocycles. The van der Waals surface area contributed by atoms with Gasteiger partial charge in [-0.05, 0) is 110 Å². The van der Waals surface area contributed by atoms with Crippen LogP contribution in [0.5, 0.6) is 11.5 Å². The zero-order chi connectivity index (χ0) is 39.2. The summed E-state index contributed by atoms with van der Waals surface area (Å²) in [4.78, 5) is 17.3. The maximum Gasteiger partial charge on any atom is 0.306 e. The predicted octanol–water partition coefficient (Wildman–Crippen LogP) is 8.33. The molecule has 5 aromatic rings. The number of fused-ring (bicyclic) bond motifs is 1. The van der Waals surface area contributed by atoms with Gasteiger partial charge in [-0.2, -0.15) is 5.26 Å². The predicted molar refractivity (Wildman–Crippen MR) is 211 cm³/mol. The normalized spacial score (nSPS) is 14.1. The van der Waals surface area contributed by atoms with Crippen LogP contribution in [0, 0.1) is 31.0 Å². The van der Waals surface area contributed by atoms with E-state index in [4.69, 9.17) is 26.2 Å². The van der Waals surface area contributed by atoms with Crippen LogP contribution in [-0.2, 0) is 31.0 Å². The zero-order valence-corrected chi connectivity index (χ0v) is 32.1. The molecule has 0 fully saturated rings. The Labute approximate surface area is 325 Å². The molecule has 0 saturated heterocycles. The molecule has 11 heteroatoms. The summed E-state index contributed by atoms with van der Waals surface area (Å²) in [5.41, 5.74) is 10.5. The van der Waals surface area contributed by atoms with Gasteiger partial charge in [-0.15, -0.1) is 0 Å². The van der Waals surface area contributed by atoms with E-state index in [-0.39, 0.29) is 44.6 Å². The van der Waals surface area contributed by atoms with Crippen LogP contribution in [0.2, 0.25) is 5.02 Å². The Bertz CT molecular complexity index is 2260. The van der Waals surface area contributed by atoms with Crippen molar-refractivity contribution in [2.75, 3.05) is 20.6 Å². The summed E-state index contributed by atoms with van der Waals surface area (Å²) in [5.74, 6) is -0.459. The molecule has 9 nitrogen and oxygen atoms in total. The van der Waals surface area contributed by atoms with E-state index < -0.39 is 12.1 Å². The second kappa shape index (κ2) is 17.4. The highest BCUT2D eigenvalue weighted by Gasteiger charge is 2.27. The lowest BCUT2D eigenvalue weighted by molar-refractivity contribution is -0.139.